The molecule has 2 heterocycles. The fraction of sp³-hybridized carbons (Fsp3) is 1.00. The molecule has 2 fully saturated rings. The Morgan fingerprint density at radius 2 is 2.07 bits per heavy atom. The van der Waals surface area contributed by atoms with Crippen molar-refractivity contribution in [2.75, 3.05) is 39.3 Å². The lowest BCUT2D eigenvalue weighted by molar-refractivity contribution is 0.0205. The molecular weight excluding hydrogens is 188 g/mol. The first-order valence-electron chi connectivity index (χ1n) is 6.50. The van der Waals surface area contributed by atoms with Crippen molar-refractivity contribution in [3.05, 3.63) is 0 Å². The standard InChI is InChI=1S/C12H24N2O/c1-2-7-14(8-3-1)9-4-5-12-11-13-6-10-15-12/h12-13H,1-11H2. The number of likely N-dealkylation sites (tertiary alicyclic amines) is 1. The van der Waals surface area contributed by atoms with Gasteiger partial charge in [0.2, 0.25) is 0 Å². The van der Waals surface area contributed by atoms with E-state index in [-0.39, 0.29) is 0 Å². The van der Waals surface area contributed by atoms with E-state index in [0.29, 0.717) is 6.10 Å². The second-order valence-corrected chi connectivity index (χ2v) is 4.74. The molecule has 0 saturated carbocycles. The zero-order valence-electron chi connectivity index (χ0n) is 9.71. The van der Waals surface area contributed by atoms with Gasteiger partial charge in [-0.05, 0) is 45.3 Å². The minimum Gasteiger partial charge on any atom is -0.376 e. The largest absolute Gasteiger partial charge is 0.376 e. The number of morpholine rings is 1. The van der Waals surface area contributed by atoms with Gasteiger partial charge in [-0.15, -0.1) is 0 Å². The molecule has 1 unspecified atom stereocenters. The second-order valence-electron chi connectivity index (χ2n) is 4.74. The Morgan fingerprint density at radius 1 is 1.20 bits per heavy atom. The highest BCUT2D eigenvalue weighted by Gasteiger charge is 2.14. The topological polar surface area (TPSA) is 24.5 Å². The van der Waals surface area contributed by atoms with Gasteiger partial charge >= 0.3 is 0 Å². The van der Waals surface area contributed by atoms with Crippen molar-refractivity contribution in [2.45, 2.75) is 38.2 Å². The zero-order chi connectivity index (χ0) is 10.3. The normalized spacial score (nSPS) is 29.2. The van der Waals surface area contributed by atoms with Crippen molar-refractivity contribution in [2.24, 2.45) is 0 Å². The number of piperidine rings is 1. The van der Waals surface area contributed by atoms with Crippen LogP contribution in [0.25, 0.3) is 0 Å². The molecule has 0 aromatic rings. The summed E-state index contributed by atoms with van der Waals surface area (Å²) in [5.41, 5.74) is 0. The number of rotatable bonds is 4. The van der Waals surface area contributed by atoms with Gasteiger partial charge in [0, 0.05) is 13.1 Å². The van der Waals surface area contributed by atoms with E-state index in [0.717, 1.165) is 19.7 Å². The summed E-state index contributed by atoms with van der Waals surface area (Å²) in [6, 6.07) is 0. The Balaban J connectivity index is 1.53. The van der Waals surface area contributed by atoms with E-state index in [4.69, 9.17) is 4.74 Å². The average molecular weight is 212 g/mol. The van der Waals surface area contributed by atoms with Gasteiger partial charge in [-0.2, -0.15) is 0 Å². The van der Waals surface area contributed by atoms with Gasteiger partial charge in [-0.25, -0.2) is 0 Å². The van der Waals surface area contributed by atoms with Gasteiger partial charge in [0.1, 0.15) is 0 Å². The van der Waals surface area contributed by atoms with E-state index in [1.165, 1.54) is 51.7 Å². The van der Waals surface area contributed by atoms with Gasteiger partial charge in [-0.1, -0.05) is 6.42 Å². The molecule has 0 radical (unpaired) electrons. The fourth-order valence-electron chi connectivity index (χ4n) is 2.53. The highest BCUT2D eigenvalue weighted by Crippen LogP contribution is 2.11. The molecule has 1 atom stereocenters. The number of ether oxygens (including phenoxy) is 1. The number of hydrogen-bond acceptors (Lipinski definition) is 3. The van der Waals surface area contributed by atoms with Crippen LogP contribution < -0.4 is 5.32 Å². The molecule has 2 rings (SSSR count). The minimum atomic E-state index is 0.476. The van der Waals surface area contributed by atoms with Crippen LogP contribution in [0.4, 0.5) is 0 Å². The Kier molecular flexibility index (Phi) is 4.90. The Labute approximate surface area is 93.2 Å². The maximum absolute atomic E-state index is 5.69. The smallest absolute Gasteiger partial charge is 0.0700 e. The van der Waals surface area contributed by atoms with Gasteiger partial charge in [0.15, 0.2) is 0 Å². The molecule has 2 saturated heterocycles. The van der Waals surface area contributed by atoms with Crippen LogP contribution in [0.1, 0.15) is 32.1 Å². The summed E-state index contributed by atoms with van der Waals surface area (Å²) in [7, 11) is 0. The summed E-state index contributed by atoms with van der Waals surface area (Å²) < 4.78 is 5.69. The molecular formula is C12H24N2O. The lowest BCUT2D eigenvalue weighted by Gasteiger charge is -2.28. The maximum Gasteiger partial charge on any atom is 0.0700 e. The molecule has 0 amide bonds. The third-order valence-electron chi connectivity index (χ3n) is 3.45. The van der Waals surface area contributed by atoms with Crippen LogP contribution in [0.15, 0.2) is 0 Å². The van der Waals surface area contributed by atoms with Gasteiger partial charge in [0.05, 0.1) is 12.7 Å². The number of nitrogens with zero attached hydrogens (tertiary/aromatic N) is 1. The molecule has 15 heavy (non-hydrogen) atoms. The number of hydrogen-bond donors (Lipinski definition) is 1. The summed E-state index contributed by atoms with van der Waals surface area (Å²) in [5.74, 6) is 0. The first-order chi connectivity index (χ1) is 7.45. The average Bonchev–Trinajstić information content (AvgIpc) is 2.32. The van der Waals surface area contributed by atoms with E-state index in [1.54, 1.807) is 0 Å². The van der Waals surface area contributed by atoms with Gasteiger partial charge < -0.3 is 15.0 Å². The monoisotopic (exact) mass is 212 g/mol. The Bertz CT molecular complexity index is 145. The van der Waals surface area contributed by atoms with E-state index in [1.807, 2.05) is 0 Å². The van der Waals surface area contributed by atoms with Gasteiger partial charge in [0.25, 0.3) is 0 Å². The molecule has 0 spiro atoms. The Morgan fingerprint density at radius 3 is 2.80 bits per heavy atom. The lowest BCUT2D eigenvalue weighted by Crippen LogP contribution is -2.39. The van der Waals surface area contributed by atoms with Crippen molar-refractivity contribution in [3.63, 3.8) is 0 Å². The summed E-state index contributed by atoms with van der Waals surface area (Å²) in [4.78, 5) is 2.61. The summed E-state index contributed by atoms with van der Waals surface area (Å²) in [5, 5.41) is 3.38. The quantitative estimate of drug-likeness (QED) is 0.759. The van der Waals surface area contributed by atoms with Crippen molar-refractivity contribution >= 4 is 0 Å². The molecule has 0 aliphatic carbocycles. The van der Waals surface area contributed by atoms with Crippen LogP contribution in [0.5, 0.6) is 0 Å². The van der Waals surface area contributed by atoms with E-state index in [2.05, 4.69) is 10.2 Å². The third-order valence-corrected chi connectivity index (χ3v) is 3.45. The van der Waals surface area contributed by atoms with Crippen molar-refractivity contribution in [3.8, 4) is 0 Å². The molecule has 3 nitrogen and oxygen atoms in total. The molecule has 3 heteroatoms. The molecule has 88 valence electrons. The lowest BCUT2D eigenvalue weighted by atomic mass is 10.1. The molecule has 0 aromatic heterocycles. The molecule has 2 aliphatic heterocycles. The maximum atomic E-state index is 5.69. The van der Waals surface area contributed by atoms with E-state index >= 15 is 0 Å². The Hall–Kier alpha value is -0.120. The third kappa shape index (κ3) is 4.09. The van der Waals surface area contributed by atoms with Crippen LogP contribution in [0, 0.1) is 0 Å². The molecule has 0 aromatic carbocycles. The van der Waals surface area contributed by atoms with E-state index in [9.17, 15) is 0 Å². The van der Waals surface area contributed by atoms with Crippen LogP contribution in [0.2, 0.25) is 0 Å². The summed E-state index contributed by atoms with van der Waals surface area (Å²) in [6.45, 7) is 6.91. The van der Waals surface area contributed by atoms with Crippen LogP contribution in [-0.2, 0) is 4.74 Å². The van der Waals surface area contributed by atoms with Crippen molar-refractivity contribution in [1.82, 2.24) is 10.2 Å². The summed E-state index contributed by atoms with van der Waals surface area (Å²) in [6.07, 6.45) is 7.24. The van der Waals surface area contributed by atoms with Crippen molar-refractivity contribution in [1.29, 1.82) is 0 Å². The number of nitrogens with one attached hydrogen (secondary N) is 1. The van der Waals surface area contributed by atoms with Crippen LogP contribution >= 0.6 is 0 Å². The minimum absolute atomic E-state index is 0.476. The van der Waals surface area contributed by atoms with Crippen LogP contribution in [-0.4, -0.2) is 50.3 Å². The molecule has 1 N–H and O–H groups in total. The molecule has 2 aliphatic rings. The highest BCUT2D eigenvalue weighted by atomic mass is 16.5. The molecule has 0 bridgehead atoms. The second kappa shape index (κ2) is 6.46. The van der Waals surface area contributed by atoms with Crippen molar-refractivity contribution < 1.29 is 4.74 Å². The zero-order valence-corrected chi connectivity index (χ0v) is 9.71. The fourth-order valence-corrected chi connectivity index (χ4v) is 2.53. The first kappa shape index (κ1) is 11.4. The summed E-state index contributed by atoms with van der Waals surface area (Å²) >= 11 is 0. The predicted molar refractivity (Wildman–Crippen MR) is 62.1 cm³/mol. The van der Waals surface area contributed by atoms with E-state index < -0.39 is 0 Å². The SMILES string of the molecule is C1CCN(CCCC2CNCCO2)CC1. The van der Waals surface area contributed by atoms with Gasteiger partial charge in [-0.3, -0.25) is 0 Å². The highest BCUT2D eigenvalue weighted by molar-refractivity contribution is 4.69. The predicted octanol–water partition coefficient (Wildman–Crippen LogP) is 1.24. The van der Waals surface area contributed by atoms with Crippen LogP contribution in [0.3, 0.4) is 0 Å². The first-order valence-corrected chi connectivity index (χ1v) is 6.50.